The largest absolute Gasteiger partial charge is 0.459 e. The summed E-state index contributed by atoms with van der Waals surface area (Å²) in [7, 11) is 0. The van der Waals surface area contributed by atoms with Gasteiger partial charge in [0.05, 0.1) is 41.8 Å². The molecule has 1 fully saturated rings. The van der Waals surface area contributed by atoms with Gasteiger partial charge in [-0.3, -0.25) is 0 Å². The van der Waals surface area contributed by atoms with Gasteiger partial charge in [0, 0.05) is 23.8 Å². The highest BCUT2D eigenvalue weighted by Crippen LogP contribution is 2.31. The zero-order valence-corrected chi connectivity index (χ0v) is 16.4. The number of fused-ring (bicyclic) bond motifs is 1. The van der Waals surface area contributed by atoms with Gasteiger partial charge >= 0.3 is 5.97 Å². The van der Waals surface area contributed by atoms with Crippen molar-refractivity contribution in [1.29, 1.82) is 0 Å². The zero-order valence-electron chi connectivity index (χ0n) is 14.8. The van der Waals surface area contributed by atoms with E-state index in [1.165, 1.54) is 0 Å². The van der Waals surface area contributed by atoms with Gasteiger partial charge in [-0.05, 0) is 54.4 Å². The summed E-state index contributed by atoms with van der Waals surface area (Å²) < 4.78 is 13.9. The van der Waals surface area contributed by atoms with Crippen LogP contribution in [0.25, 0.3) is 11.2 Å². The van der Waals surface area contributed by atoms with E-state index in [4.69, 9.17) is 9.47 Å². The number of nitrogens with zero attached hydrogens (tertiary/aromatic N) is 2. The van der Waals surface area contributed by atoms with Crippen LogP contribution in [0.2, 0.25) is 0 Å². The first-order valence-corrected chi connectivity index (χ1v) is 9.22. The second-order valence-electron chi connectivity index (χ2n) is 6.45. The van der Waals surface area contributed by atoms with Crippen molar-refractivity contribution in [3.63, 3.8) is 0 Å². The van der Waals surface area contributed by atoms with Crippen LogP contribution in [0.1, 0.15) is 35.5 Å². The van der Waals surface area contributed by atoms with Crippen LogP contribution in [0, 0.1) is 6.92 Å². The maximum atomic E-state index is 12.6. The molecule has 0 N–H and O–H groups in total. The highest BCUT2D eigenvalue weighted by Gasteiger charge is 2.23. The van der Waals surface area contributed by atoms with E-state index >= 15 is 0 Å². The van der Waals surface area contributed by atoms with Gasteiger partial charge in [0.2, 0.25) is 0 Å². The number of hydrogen-bond acceptors (Lipinski definition) is 4. The molecule has 0 aliphatic carbocycles. The van der Waals surface area contributed by atoms with Gasteiger partial charge in [-0.2, -0.15) is 0 Å². The van der Waals surface area contributed by atoms with Gasteiger partial charge < -0.3 is 18.8 Å². The Labute approximate surface area is 156 Å². The Morgan fingerprint density at radius 2 is 2.04 bits per heavy atom. The van der Waals surface area contributed by atoms with Gasteiger partial charge in [-0.15, -0.1) is 0 Å². The van der Waals surface area contributed by atoms with Crippen LogP contribution in [0.15, 0.2) is 29.4 Å². The van der Waals surface area contributed by atoms with Crippen molar-refractivity contribution in [3.05, 3.63) is 46.2 Å². The molecule has 134 valence electrons. The molecule has 6 heteroatoms. The van der Waals surface area contributed by atoms with Crippen LogP contribution >= 0.6 is 15.9 Å². The number of halogens is 1. The predicted molar refractivity (Wildman–Crippen MR) is 102 cm³/mol. The molecule has 0 unspecified atom stereocenters. The summed E-state index contributed by atoms with van der Waals surface area (Å²) >= 11 is 3.57. The maximum Gasteiger partial charge on any atom is 0.338 e. The minimum atomic E-state index is -0.306. The van der Waals surface area contributed by atoms with Gasteiger partial charge in [0.1, 0.15) is 0 Å². The minimum absolute atomic E-state index is 0.163. The van der Waals surface area contributed by atoms with Crippen molar-refractivity contribution in [1.82, 2.24) is 9.30 Å². The standard InChI is InChI=1S/C19H23BrN2O3/c1-12(2)25-19(23)15-11-17-16(20)5-6-22(17)18(13(15)3)14(4)21-7-9-24-10-8-21/h5-6,11-12H,4,7-10H2,1-3H3. The molecule has 5 nitrogen and oxygen atoms in total. The second-order valence-corrected chi connectivity index (χ2v) is 7.31. The fourth-order valence-corrected chi connectivity index (χ4v) is 3.56. The molecule has 1 saturated heterocycles. The first kappa shape index (κ1) is 18.0. The molecular weight excluding hydrogens is 384 g/mol. The molecule has 0 bridgehead atoms. The number of esters is 1. The first-order valence-electron chi connectivity index (χ1n) is 8.43. The molecule has 0 saturated carbocycles. The predicted octanol–water partition coefficient (Wildman–Crippen LogP) is 3.88. The van der Waals surface area contributed by atoms with Gasteiger partial charge in [-0.1, -0.05) is 6.58 Å². The lowest BCUT2D eigenvalue weighted by molar-refractivity contribution is 0.0377. The van der Waals surface area contributed by atoms with Crippen molar-refractivity contribution in [2.45, 2.75) is 26.9 Å². The van der Waals surface area contributed by atoms with Crippen molar-refractivity contribution in [2.24, 2.45) is 0 Å². The van der Waals surface area contributed by atoms with E-state index in [-0.39, 0.29) is 12.1 Å². The maximum absolute atomic E-state index is 12.6. The van der Waals surface area contributed by atoms with Crippen LogP contribution in [0.5, 0.6) is 0 Å². The van der Waals surface area contributed by atoms with E-state index in [0.717, 1.165) is 40.0 Å². The number of morpholine rings is 1. The van der Waals surface area contributed by atoms with Gasteiger partial charge in [0.15, 0.2) is 0 Å². The number of ether oxygens (including phenoxy) is 2. The summed E-state index contributed by atoms with van der Waals surface area (Å²) in [5.74, 6) is -0.306. The molecular formula is C19H23BrN2O3. The smallest absolute Gasteiger partial charge is 0.338 e. The third-order valence-corrected chi connectivity index (χ3v) is 5.05. The lowest BCUT2D eigenvalue weighted by Crippen LogP contribution is -2.35. The number of carbonyl (C=O) groups excluding carboxylic acids is 1. The fourth-order valence-electron chi connectivity index (χ4n) is 3.14. The lowest BCUT2D eigenvalue weighted by Gasteiger charge is -2.31. The summed E-state index contributed by atoms with van der Waals surface area (Å²) in [5, 5.41) is 0. The van der Waals surface area contributed by atoms with Crippen LogP contribution in [-0.2, 0) is 9.47 Å². The molecule has 0 radical (unpaired) electrons. The van der Waals surface area contributed by atoms with E-state index in [2.05, 4.69) is 31.8 Å². The molecule has 1 aliphatic rings. The summed E-state index contributed by atoms with van der Waals surface area (Å²) in [4.78, 5) is 14.8. The molecule has 2 aromatic rings. The molecule has 25 heavy (non-hydrogen) atoms. The van der Waals surface area contributed by atoms with Crippen LogP contribution in [0.3, 0.4) is 0 Å². The van der Waals surface area contributed by atoms with Gasteiger partial charge in [0.25, 0.3) is 0 Å². The normalized spacial score (nSPS) is 15.0. The quantitative estimate of drug-likeness (QED) is 0.722. The van der Waals surface area contributed by atoms with E-state index in [1.807, 2.05) is 39.1 Å². The number of aromatic nitrogens is 1. The molecule has 0 amide bonds. The minimum Gasteiger partial charge on any atom is -0.459 e. The first-order chi connectivity index (χ1) is 11.9. The molecule has 1 aliphatic heterocycles. The molecule has 0 atom stereocenters. The molecule has 3 rings (SSSR count). The lowest BCUT2D eigenvalue weighted by atomic mass is 10.0. The summed E-state index contributed by atoms with van der Waals surface area (Å²) in [5.41, 5.74) is 4.20. The van der Waals surface area contributed by atoms with Crippen LogP contribution < -0.4 is 0 Å². The van der Waals surface area contributed by atoms with E-state index in [0.29, 0.717) is 18.8 Å². The zero-order chi connectivity index (χ0) is 18.1. The van der Waals surface area contributed by atoms with Gasteiger partial charge in [-0.25, -0.2) is 4.79 Å². The van der Waals surface area contributed by atoms with E-state index in [1.54, 1.807) is 0 Å². The fraction of sp³-hybridized carbons (Fsp3) is 0.421. The van der Waals surface area contributed by atoms with Crippen molar-refractivity contribution >= 4 is 33.1 Å². The number of pyridine rings is 1. The monoisotopic (exact) mass is 406 g/mol. The summed E-state index contributed by atoms with van der Waals surface area (Å²) in [6, 6.07) is 3.85. The number of hydrogen-bond donors (Lipinski definition) is 0. The van der Waals surface area contributed by atoms with E-state index in [9.17, 15) is 4.79 Å². The number of carbonyl (C=O) groups is 1. The topological polar surface area (TPSA) is 43.2 Å². The Balaban J connectivity index is 2.13. The third kappa shape index (κ3) is 3.46. The summed E-state index contributed by atoms with van der Waals surface area (Å²) in [6.07, 6.45) is 1.83. The summed E-state index contributed by atoms with van der Waals surface area (Å²) in [6.45, 7) is 12.9. The second kappa shape index (κ2) is 7.22. The molecule has 0 spiro atoms. The Hall–Kier alpha value is -1.79. The van der Waals surface area contributed by atoms with Crippen LogP contribution in [-0.4, -0.2) is 47.7 Å². The molecule has 0 aromatic carbocycles. The molecule has 3 heterocycles. The van der Waals surface area contributed by atoms with E-state index < -0.39 is 0 Å². The van der Waals surface area contributed by atoms with Crippen molar-refractivity contribution in [3.8, 4) is 0 Å². The average molecular weight is 407 g/mol. The Bertz CT molecular complexity index is 820. The Morgan fingerprint density at radius 3 is 2.68 bits per heavy atom. The Morgan fingerprint density at radius 1 is 1.36 bits per heavy atom. The van der Waals surface area contributed by atoms with Crippen LogP contribution in [0.4, 0.5) is 0 Å². The third-order valence-electron chi connectivity index (χ3n) is 4.38. The average Bonchev–Trinajstić information content (AvgIpc) is 2.94. The SMILES string of the molecule is C=C(c1c(C)c(C(=O)OC(C)C)cc2c(Br)ccn12)N1CCOCC1. The molecule has 2 aromatic heterocycles. The number of rotatable bonds is 4. The highest BCUT2D eigenvalue weighted by molar-refractivity contribution is 9.10. The van der Waals surface area contributed by atoms with Crippen molar-refractivity contribution < 1.29 is 14.3 Å². The Kier molecular flexibility index (Phi) is 5.20. The van der Waals surface area contributed by atoms with Crippen molar-refractivity contribution in [2.75, 3.05) is 26.3 Å². The highest BCUT2D eigenvalue weighted by atomic mass is 79.9.